The monoisotopic (exact) mass is 704 g/mol. The van der Waals surface area contributed by atoms with E-state index in [4.69, 9.17) is 4.42 Å². The molecule has 0 bridgehead atoms. The van der Waals surface area contributed by atoms with Gasteiger partial charge in [-0.1, -0.05) is 121 Å². The summed E-state index contributed by atoms with van der Waals surface area (Å²) in [6.45, 7) is 0. The van der Waals surface area contributed by atoms with Crippen LogP contribution in [0.4, 0.5) is 0 Å². The van der Waals surface area contributed by atoms with E-state index in [1.807, 2.05) is 24.3 Å². The van der Waals surface area contributed by atoms with Gasteiger partial charge in [0.05, 0.1) is 22.1 Å². The van der Waals surface area contributed by atoms with Crippen LogP contribution in [0.3, 0.4) is 0 Å². The highest BCUT2D eigenvalue weighted by Crippen LogP contribution is 2.36. The predicted molar refractivity (Wildman–Crippen MR) is 225 cm³/mol. The third kappa shape index (κ3) is 5.17. The van der Waals surface area contributed by atoms with E-state index in [-0.39, 0.29) is 0 Å². The van der Waals surface area contributed by atoms with Crippen LogP contribution in [0.2, 0.25) is 0 Å². The molecule has 0 radical (unpaired) electrons. The standard InChI is InChI=1S/C50H32N4O/c1-5-19-45-41(15-1)42-16-2-6-20-46(42)53(45)39-13-9-11-37(31-39)33-23-27-35(28-24-33)49-51-52-50(55-49)36-29-25-34(26-30-36)38-12-10-14-40(32-38)54-47-21-7-3-17-43(47)44-18-4-8-22-48(44)54/h1-32H. The molecule has 3 heterocycles. The molecular formula is C50H32N4O. The molecule has 0 unspecified atom stereocenters. The minimum atomic E-state index is 0.489. The van der Waals surface area contributed by atoms with Crippen LogP contribution in [0.15, 0.2) is 199 Å². The second-order valence-corrected chi connectivity index (χ2v) is 13.9. The molecule has 0 spiro atoms. The molecule has 0 aliphatic rings. The van der Waals surface area contributed by atoms with Crippen molar-refractivity contribution in [2.45, 2.75) is 0 Å². The molecule has 11 rings (SSSR count). The van der Waals surface area contributed by atoms with Crippen LogP contribution < -0.4 is 0 Å². The van der Waals surface area contributed by atoms with Gasteiger partial charge in [0.25, 0.3) is 0 Å². The van der Waals surface area contributed by atoms with Gasteiger partial charge >= 0.3 is 0 Å². The summed E-state index contributed by atoms with van der Waals surface area (Å²) in [5.74, 6) is 0.979. The molecule has 0 N–H and O–H groups in total. The fourth-order valence-corrected chi connectivity index (χ4v) is 8.12. The van der Waals surface area contributed by atoms with Crippen LogP contribution in [0.25, 0.3) is 100 Å². The molecule has 55 heavy (non-hydrogen) atoms. The van der Waals surface area contributed by atoms with Crippen LogP contribution in [-0.4, -0.2) is 19.3 Å². The number of nitrogens with zero attached hydrogens (tertiary/aromatic N) is 4. The zero-order valence-corrected chi connectivity index (χ0v) is 29.7. The Hall–Kier alpha value is -7.50. The Bertz CT molecular complexity index is 2880. The second kappa shape index (κ2) is 12.6. The van der Waals surface area contributed by atoms with E-state index in [1.54, 1.807) is 0 Å². The van der Waals surface area contributed by atoms with E-state index in [0.29, 0.717) is 11.8 Å². The Kier molecular flexibility index (Phi) is 7.10. The van der Waals surface area contributed by atoms with Gasteiger partial charge in [-0.3, -0.25) is 0 Å². The van der Waals surface area contributed by atoms with E-state index in [0.717, 1.165) is 44.8 Å². The average molecular weight is 705 g/mol. The highest BCUT2D eigenvalue weighted by Gasteiger charge is 2.15. The largest absolute Gasteiger partial charge is 0.416 e. The molecule has 0 atom stereocenters. The number of rotatable bonds is 6. The number of aromatic nitrogens is 4. The van der Waals surface area contributed by atoms with E-state index in [9.17, 15) is 0 Å². The molecule has 0 aliphatic heterocycles. The first-order valence-electron chi connectivity index (χ1n) is 18.5. The maximum Gasteiger partial charge on any atom is 0.248 e. The Morgan fingerprint density at radius 2 is 0.618 bits per heavy atom. The lowest BCUT2D eigenvalue weighted by Crippen LogP contribution is -1.94. The highest BCUT2D eigenvalue weighted by molar-refractivity contribution is 6.10. The van der Waals surface area contributed by atoms with Crippen molar-refractivity contribution < 1.29 is 4.42 Å². The minimum absolute atomic E-state index is 0.489. The number of benzene rings is 8. The molecule has 0 aliphatic carbocycles. The van der Waals surface area contributed by atoms with Gasteiger partial charge in [-0.05, 0) is 95.1 Å². The summed E-state index contributed by atoms with van der Waals surface area (Å²) in [4.78, 5) is 0. The molecule has 11 aromatic rings. The molecule has 8 aromatic carbocycles. The van der Waals surface area contributed by atoms with Crippen LogP contribution in [0.5, 0.6) is 0 Å². The first kappa shape index (κ1) is 31.1. The number of para-hydroxylation sites is 4. The van der Waals surface area contributed by atoms with Crippen molar-refractivity contribution >= 4 is 43.6 Å². The molecule has 0 saturated heterocycles. The summed E-state index contributed by atoms with van der Waals surface area (Å²) in [5, 5.41) is 13.9. The predicted octanol–water partition coefficient (Wildman–Crippen LogP) is 12.9. The van der Waals surface area contributed by atoms with Gasteiger partial charge < -0.3 is 13.6 Å². The van der Waals surface area contributed by atoms with Gasteiger partial charge in [0.2, 0.25) is 11.8 Å². The van der Waals surface area contributed by atoms with E-state index >= 15 is 0 Å². The molecular weight excluding hydrogens is 673 g/mol. The Labute approximate surface area is 317 Å². The maximum absolute atomic E-state index is 6.22. The van der Waals surface area contributed by atoms with E-state index < -0.39 is 0 Å². The SMILES string of the molecule is c1cc(-c2ccc(-c3nnc(-c4ccc(-c5cccc(-n6c7ccccc7c7ccccc76)c5)cc4)o3)cc2)cc(-n2c3ccccc3c3ccccc32)c1. The molecule has 5 nitrogen and oxygen atoms in total. The third-order valence-corrected chi connectivity index (χ3v) is 10.7. The van der Waals surface area contributed by atoms with Crippen molar-refractivity contribution in [3.05, 3.63) is 194 Å². The van der Waals surface area contributed by atoms with Crippen molar-refractivity contribution in [1.29, 1.82) is 0 Å². The van der Waals surface area contributed by atoms with Crippen LogP contribution in [-0.2, 0) is 0 Å². The van der Waals surface area contributed by atoms with E-state index in [1.165, 1.54) is 43.6 Å². The molecule has 3 aromatic heterocycles. The summed E-state index contributed by atoms with van der Waals surface area (Å²) in [5.41, 5.74) is 13.3. The molecule has 5 heteroatoms. The fourth-order valence-electron chi connectivity index (χ4n) is 8.12. The quantitative estimate of drug-likeness (QED) is 0.173. The first-order valence-corrected chi connectivity index (χ1v) is 18.5. The summed E-state index contributed by atoms with van der Waals surface area (Å²) in [7, 11) is 0. The van der Waals surface area contributed by atoms with Crippen molar-refractivity contribution in [1.82, 2.24) is 19.3 Å². The smallest absolute Gasteiger partial charge is 0.248 e. The lowest BCUT2D eigenvalue weighted by atomic mass is 10.0. The Balaban J connectivity index is 0.854. The van der Waals surface area contributed by atoms with E-state index in [2.05, 4.69) is 189 Å². The van der Waals surface area contributed by atoms with Crippen molar-refractivity contribution in [3.63, 3.8) is 0 Å². The summed E-state index contributed by atoms with van der Waals surface area (Å²) in [6.07, 6.45) is 0. The second-order valence-electron chi connectivity index (χ2n) is 13.9. The van der Waals surface area contributed by atoms with Crippen molar-refractivity contribution in [2.75, 3.05) is 0 Å². The van der Waals surface area contributed by atoms with Gasteiger partial charge in [0.1, 0.15) is 0 Å². The Morgan fingerprint density at radius 3 is 0.982 bits per heavy atom. The highest BCUT2D eigenvalue weighted by atomic mass is 16.4. The van der Waals surface area contributed by atoms with Gasteiger partial charge in [-0.15, -0.1) is 10.2 Å². The average Bonchev–Trinajstić information content (AvgIpc) is 3.98. The Morgan fingerprint density at radius 1 is 0.291 bits per heavy atom. The normalized spacial score (nSPS) is 11.6. The molecule has 0 amide bonds. The van der Waals surface area contributed by atoms with Crippen LogP contribution in [0, 0.1) is 0 Å². The molecule has 0 saturated carbocycles. The summed E-state index contributed by atoms with van der Waals surface area (Å²) < 4.78 is 10.9. The van der Waals surface area contributed by atoms with Crippen molar-refractivity contribution in [3.8, 4) is 56.5 Å². The fraction of sp³-hybridized carbons (Fsp3) is 0. The number of hydrogen-bond acceptors (Lipinski definition) is 3. The lowest BCUT2D eigenvalue weighted by molar-refractivity contribution is 0.584. The van der Waals surface area contributed by atoms with Gasteiger partial charge in [-0.2, -0.15) is 0 Å². The topological polar surface area (TPSA) is 48.8 Å². The van der Waals surface area contributed by atoms with Crippen LogP contribution in [0.1, 0.15) is 0 Å². The minimum Gasteiger partial charge on any atom is -0.416 e. The van der Waals surface area contributed by atoms with Crippen LogP contribution >= 0.6 is 0 Å². The number of fused-ring (bicyclic) bond motifs is 6. The third-order valence-electron chi connectivity index (χ3n) is 10.7. The molecule has 258 valence electrons. The van der Waals surface area contributed by atoms with Gasteiger partial charge in [0, 0.05) is 44.0 Å². The van der Waals surface area contributed by atoms with Gasteiger partial charge in [0.15, 0.2) is 0 Å². The van der Waals surface area contributed by atoms with Crippen molar-refractivity contribution in [2.24, 2.45) is 0 Å². The molecule has 0 fully saturated rings. The zero-order chi connectivity index (χ0) is 36.3. The zero-order valence-electron chi connectivity index (χ0n) is 29.7. The van der Waals surface area contributed by atoms with Gasteiger partial charge in [-0.25, -0.2) is 0 Å². The summed E-state index contributed by atoms with van der Waals surface area (Å²) in [6, 6.07) is 68.5. The maximum atomic E-state index is 6.22. The number of hydrogen-bond donors (Lipinski definition) is 0. The lowest BCUT2D eigenvalue weighted by Gasteiger charge is -2.10. The first-order chi connectivity index (χ1) is 27.3. The summed E-state index contributed by atoms with van der Waals surface area (Å²) >= 11 is 0.